The van der Waals surface area contributed by atoms with Crippen molar-refractivity contribution in [3.63, 3.8) is 0 Å². The second-order valence-electron chi connectivity index (χ2n) is 5.69. The molecule has 1 fully saturated rings. The molecule has 0 bridgehead atoms. The summed E-state index contributed by atoms with van der Waals surface area (Å²) >= 11 is 0. The second-order valence-corrected chi connectivity index (χ2v) is 5.69. The fraction of sp³-hybridized carbons (Fsp3) is 0.625. The summed E-state index contributed by atoms with van der Waals surface area (Å²) in [7, 11) is 4.24. The Morgan fingerprint density at radius 1 is 1.05 bits per heavy atom. The smallest absolute Gasteiger partial charge is 0.0586 e. The number of hydrogen-bond donors (Lipinski definition) is 1. The maximum absolute atomic E-state index is 10.4. The molecule has 19 heavy (non-hydrogen) atoms. The van der Waals surface area contributed by atoms with Crippen molar-refractivity contribution in [2.75, 3.05) is 14.1 Å². The molecule has 3 unspecified atom stereocenters. The fourth-order valence-corrected chi connectivity index (χ4v) is 3.26. The van der Waals surface area contributed by atoms with Gasteiger partial charge in [-0.15, -0.1) is 12.4 Å². The van der Waals surface area contributed by atoms with Crippen LogP contribution in [0.5, 0.6) is 0 Å². The van der Waals surface area contributed by atoms with Crippen LogP contribution in [-0.2, 0) is 0 Å². The summed E-state index contributed by atoms with van der Waals surface area (Å²) in [6, 6.07) is 10.9. The molecule has 3 atom stereocenters. The normalized spacial score (nSPS) is 25.5. The molecule has 3 heteroatoms. The van der Waals surface area contributed by atoms with Crippen LogP contribution in [0.4, 0.5) is 0 Å². The summed E-state index contributed by atoms with van der Waals surface area (Å²) in [5.74, 6) is 0.366. The lowest BCUT2D eigenvalue weighted by atomic mass is 9.84. The topological polar surface area (TPSA) is 23.5 Å². The third-order valence-corrected chi connectivity index (χ3v) is 4.13. The molecule has 0 amide bonds. The van der Waals surface area contributed by atoms with E-state index in [1.54, 1.807) is 0 Å². The van der Waals surface area contributed by atoms with E-state index < -0.39 is 0 Å². The number of rotatable bonds is 3. The van der Waals surface area contributed by atoms with Gasteiger partial charge < -0.3 is 10.0 Å². The molecule has 1 aliphatic rings. The van der Waals surface area contributed by atoms with Gasteiger partial charge in [0.25, 0.3) is 0 Å². The SMILES string of the molecule is CN(C)C(c1ccccc1)C1CCCCCC1O.Cl. The first kappa shape index (κ1) is 16.5. The number of halogens is 1. The highest BCUT2D eigenvalue weighted by Gasteiger charge is 2.31. The first-order valence-corrected chi connectivity index (χ1v) is 7.09. The quantitative estimate of drug-likeness (QED) is 0.856. The molecule has 108 valence electrons. The molecule has 1 N–H and O–H groups in total. The first-order chi connectivity index (χ1) is 8.70. The summed E-state index contributed by atoms with van der Waals surface area (Å²) in [6.07, 6.45) is 5.63. The highest BCUT2D eigenvalue weighted by molar-refractivity contribution is 5.85. The van der Waals surface area contributed by atoms with Gasteiger partial charge in [0, 0.05) is 12.0 Å². The zero-order valence-corrected chi connectivity index (χ0v) is 12.8. The monoisotopic (exact) mass is 283 g/mol. The van der Waals surface area contributed by atoms with Crippen molar-refractivity contribution < 1.29 is 5.11 Å². The van der Waals surface area contributed by atoms with E-state index in [1.807, 2.05) is 0 Å². The molecular formula is C16H26ClNO. The van der Waals surface area contributed by atoms with Gasteiger partial charge in [0.1, 0.15) is 0 Å². The molecule has 1 aliphatic carbocycles. The number of aliphatic hydroxyl groups excluding tert-OH is 1. The second kappa shape index (κ2) is 7.88. The summed E-state index contributed by atoms with van der Waals surface area (Å²) in [6.45, 7) is 0. The third kappa shape index (κ3) is 4.20. The van der Waals surface area contributed by atoms with Gasteiger partial charge in [0.15, 0.2) is 0 Å². The van der Waals surface area contributed by atoms with Gasteiger partial charge in [-0.25, -0.2) is 0 Å². The van der Waals surface area contributed by atoms with E-state index in [9.17, 15) is 5.11 Å². The van der Waals surface area contributed by atoms with E-state index in [0.717, 1.165) is 12.8 Å². The fourth-order valence-electron chi connectivity index (χ4n) is 3.26. The van der Waals surface area contributed by atoms with Crippen LogP contribution in [0.1, 0.15) is 43.7 Å². The molecule has 0 spiro atoms. The first-order valence-electron chi connectivity index (χ1n) is 7.09. The predicted octanol–water partition coefficient (Wildman–Crippen LogP) is 3.65. The molecule has 0 aliphatic heterocycles. The van der Waals surface area contributed by atoms with Gasteiger partial charge in [0.2, 0.25) is 0 Å². The van der Waals surface area contributed by atoms with Crippen molar-refractivity contribution in [3.8, 4) is 0 Å². The van der Waals surface area contributed by atoms with Gasteiger partial charge in [0.05, 0.1) is 6.10 Å². The van der Waals surface area contributed by atoms with Gasteiger partial charge in [-0.2, -0.15) is 0 Å². The van der Waals surface area contributed by atoms with Crippen LogP contribution in [-0.4, -0.2) is 30.2 Å². The lowest BCUT2D eigenvalue weighted by Crippen LogP contribution is -2.34. The molecule has 1 saturated carbocycles. The van der Waals surface area contributed by atoms with Crippen molar-refractivity contribution in [1.29, 1.82) is 0 Å². The molecule has 0 saturated heterocycles. The molecule has 0 aromatic heterocycles. The summed E-state index contributed by atoms with van der Waals surface area (Å²) in [5, 5.41) is 10.4. The Bertz CT molecular complexity index is 355. The third-order valence-electron chi connectivity index (χ3n) is 4.13. The van der Waals surface area contributed by atoms with Crippen LogP contribution in [0.2, 0.25) is 0 Å². The van der Waals surface area contributed by atoms with Crippen molar-refractivity contribution in [3.05, 3.63) is 35.9 Å². The van der Waals surface area contributed by atoms with E-state index in [4.69, 9.17) is 0 Å². The number of nitrogens with zero attached hydrogens (tertiary/aromatic N) is 1. The summed E-state index contributed by atoms with van der Waals surface area (Å²) in [5.41, 5.74) is 1.33. The lowest BCUT2D eigenvalue weighted by molar-refractivity contribution is 0.0481. The van der Waals surface area contributed by atoms with Crippen molar-refractivity contribution in [2.24, 2.45) is 5.92 Å². The van der Waals surface area contributed by atoms with E-state index in [1.165, 1.54) is 24.8 Å². The Hall–Kier alpha value is -0.570. The minimum Gasteiger partial charge on any atom is -0.393 e. The molecular weight excluding hydrogens is 258 g/mol. The highest BCUT2D eigenvalue weighted by atomic mass is 35.5. The molecule has 2 nitrogen and oxygen atoms in total. The maximum Gasteiger partial charge on any atom is 0.0586 e. The largest absolute Gasteiger partial charge is 0.393 e. The Labute approximate surface area is 123 Å². The van der Waals surface area contributed by atoms with Crippen LogP contribution in [0.15, 0.2) is 30.3 Å². The summed E-state index contributed by atoms with van der Waals surface area (Å²) in [4.78, 5) is 2.26. The Morgan fingerprint density at radius 2 is 1.68 bits per heavy atom. The summed E-state index contributed by atoms with van der Waals surface area (Å²) < 4.78 is 0. The van der Waals surface area contributed by atoms with Crippen LogP contribution >= 0.6 is 12.4 Å². The Kier molecular flexibility index (Phi) is 6.84. The molecule has 0 heterocycles. The number of aliphatic hydroxyl groups is 1. The molecule has 1 aromatic rings. The zero-order valence-electron chi connectivity index (χ0n) is 12.0. The standard InChI is InChI=1S/C16H25NO.ClH/c1-17(2)16(13-9-5-3-6-10-13)14-11-7-4-8-12-15(14)18;/h3,5-6,9-10,14-16,18H,4,7-8,11-12H2,1-2H3;1H. The highest BCUT2D eigenvalue weighted by Crippen LogP contribution is 2.36. The van der Waals surface area contributed by atoms with Gasteiger partial charge in [-0.05, 0) is 32.5 Å². The van der Waals surface area contributed by atoms with Gasteiger partial charge in [-0.3, -0.25) is 0 Å². The Balaban J connectivity index is 0.00000180. The van der Waals surface area contributed by atoms with Crippen LogP contribution in [0.25, 0.3) is 0 Å². The maximum atomic E-state index is 10.4. The van der Waals surface area contributed by atoms with Crippen molar-refractivity contribution in [2.45, 2.75) is 44.2 Å². The van der Waals surface area contributed by atoms with E-state index in [0.29, 0.717) is 12.0 Å². The average Bonchev–Trinajstić information content (AvgIpc) is 2.56. The van der Waals surface area contributed by atoms with Crippen molar-refractivity contribution in [1.82, 2.24) is 4.90 Å². The number of benzene rings is 1. The van der Waals surface area contributed by atoms with E-state index >= 15 is 0 Å². The zero-order chi connectivity index (χ0) is 13.0. The Morgan fingerprint density at radius 3 is 2.32 bits per heavy atom. The number of hydrogen-bond acceptors (Lipinski definition) is 2. The lowest BCUT2D eigenvalue weighted by Gasteiger charge is -2.35. The van der Waals surface area contributed by atoms with Crippen LogP contribution in [0.3, 0.4) is 0 Å². The minimum atomic E-state index is -0.153. The van der Waals surface area contributed by atoms with Crippen molar-refractivity contribution >= 4 is 12.4 Å². The molecule has 0 radical (unpaired) electrons. The van der Waals surface area contributed by atoms with Crippen LogP contribution in [0, 0.1) is 5.92 Å². The van der Waals surface area contributed by atoms with Crippen LogP contribution < -0.4 is 0 Å². The van der Waals surface area contributed by atoms with Gasteiger partial charge >= 0.3 is 0 Å². The predicted molar refractivity (Wildman–Crippen MR) is 82.7 cm³/mol. The molecule has 1 aromatic carbocycles. The minimum absolute atomic E-state index is 0. The van der Waals surface area contributed by atoms with Gasteiger partial charge in [-0.1, -0.05) is 49.6 Å². The average molecular weight is 284 g/mol. The van der Waals surface area contributed by atoms with E-state index in [-0.39, 0.29) is 18.5 Å². The van der Waals surface area contributed by atoms with E-state index in [2.05, 4.69) is 49.3 Å². The molecule has 2 rings (SSSR count).